The molecule has 1 aromatic carbocycles. The molecule has 0 aliphatic heterocycles. The van der Waals surface area contributed by atoms with Crippen LogP contribution in [0.15, 0.2) is 36.5 Å². The molecule has 0 aliphatic carbocycles. The van der Waals surface area contributed by atoms with Gasteiger partial charge in [0.25, 0.3) is 0 Å². The third-order valence-corrected chi connectivity index (χ3v) is 4.44. The number of hydrogen-bond donors (Lipinski definition) is 0. The maximum Gasteiger partial charge on any atom is 0.0987 e. The van der Waals surface area contributed by atoms with Crippen LogP contribution in [-0.2, 0) is 5.41 Å². The highest BCUT2D eigenvalue weighted by Gasteiger charge is 2.22. The van der Waals surface area contributed by atoms with Gasteiger partial charge in [-0.2, -0.15) is 0 Å². The van der Waals surface area contributed by atoms with E-state index in [0.717, 1.165) is 6.42 Å². The fraction of sp³-hybridized carbons (Fsp3) is 0.357. The second-order valence-electron chi connectivity index (χ2n) is 4.63. The van der Waals surface area contributed by atoms with Crippen molar-refractivity contribution in [3.63, 3.8) is 0 Å². The largest absolute Gasteiger partial charge is 0.248 e. The van der Waals surface area contributed by atoms with Gasteiger partial charge in [-0.3, -0.25) is 0 Å². The normalized spacial score (nSPS) is 11.7. The van der Waals surface area contributed by atoms with Crippen LogP contribution in [0, 0.1) is 0 Å². The minimum atomic E-state index is 0.192. The maximum atomic E-state index is 4.55. The highest BCUT2D eigenvalue weighted by Crippen LogP contribution is 2.34. The van der Waals surface area contributed by atoms with Crippen LogP contribution < -0.4 is 0 Å². The summed E-state index contributed by atoms with van der Waals surface area (Å²) in [5.74, 6) is 0. The molecule has 0 N–H and O–H groups in total. The van der Waals surface area contributed by atoms with E-state index in [0.29, 0.717) is 0 Å². The summed E-state index contributed by atoms with van der Waals surface area (Å²) in [5, 5.41) is 1.23. The van der Waals surface area contributed by atoms with E-state index in [9.17, 15) is 0 Å². The van der Waals surface area contributed by atoms with E-state index in [1.54, 1.807) is 11.3 Å². The van der Waals surface area contributed by atoms with Crippen LogP contribution in [0.1, 0.15) is 32.2 Å². The van der Waals surface area contributed by atoms with Crippen LogP contribution >= 0.6 is 11.3 Å². The van der Waals surface area contributed by atoms with Crippen molar-refractivity contribution in [3.05, 3.63) is 41.5 Å². The monoisotopic (exact) mass is 231 g/mol. The summed E-state index contributed by atoms with van der Waals surface area (Å²) in [7, 11) is 0. The van der Waals surface area contributed by atoms with Crippen LogP contribution in [0.5, 0.6) is 0 Å². The van der Waals surface area contributed by atoms with Crippen molar-refractivity contribution in [2.24, 2.45) is 0 Å². The molecule has 0 aliphatic rings. The summed E-state index contributed by atoms with van der Waals surface area (Å²) in [6, 6.07) is 10.5. The first kappa shape index (κ1) is 11.3. The molecule has 16 heavy (non-hydrogen) atoms. The molecule has 0 radical (unpaired) electrons. The zero-order valence-corrected chi connectivity index (χ0v) is 10.8. The van der Waals surface area contributed by atoms with Crippen LogP contribution in [0.25, 0.3) is 10.4 Å². The fourth-order valence-corrected chi connectivity index (χ4v) is 2.57. The molecule has 2 aromatic rings. The van der Waals surface area contributed by atoms with Crippen molar-refractivity contribution in [1.29, 1.82) is 0 Å². The van der Waals surface area contributed by atoms with Gasteiger partial charge in [-0.1, -0.05) is 51.1 Å². The maximum absolute atomic E-state index is 4.55. The summed E-state index contributed by atoms with van der Waals surface area (Å²) < 4.78 is 0. The summed E-state index contributed by atoms with van der Waals surface area (Å²) in [4.78, 5) is 5.81. The van der Waals surface area contributed by atoms with Crippen molar-refractivity contribution in [2.75, 3.05) is 0 Å². The average molecular weight is 231 g/mol. The zero-order chi connectivity index (χ0) is 11.6. The fourth-order valence-electron chi connectivity index (χ4n) is 1.47. The predicted molar refractivity (Wildman–Crippen MR) is 70.9 cm³/mol. The molecule has 0 bridgehead atoms. The summed E-state index contributed by atoms with van der Waals surface area (Å²) in [6.45, 7) is 6.71. The SMILES string of the molecule is CCC(C)(C)c1ncc(-c2ccccc2)s1. The Kier molecular flexibility index (Phi) is 3.10. The highest BCUT2D eigenvalue weighted by atomic mass is 32.1. The van der Waals surface area contributed by atoms with Gasteiger partial charge in [-0.25, -0.2) is 4.98 Å². The second-order valence-corrected chi connectivity index (χ2v) is 5.66. The number of aromatic nitrogens is 1. The molecule has 2 rings (SSSR count). The Labute approximate surface area is 101 Å². The molecule has 0 amide bonds. The predicted octanol–water partition coefficient (Wildman–Crippen LogP) is 4.50. The van der Waals surface area contributed by atoms with Gasteiger partial charge in [0.15, 0.2) is 0 Å². The van der Waals surface area contributed by atoms with Crippen LogP contribution in [0.3, 0.4) is 0 Å². The lowest BCUT2D eigenvalue weighted by atomic mass is 9.91. The lowest BCUT2D eigenvalue weighted by Crippen LogP contribution is -2.14. The van der Waals surface area contributed by atoms with Crippen molar-refractivity contribution in [1.82, 2.24) is 4.98 Å². The van der Waals surface area contributed by atoms with Crippen LogP contribution in [0.4, 0.5) is 0 Å². The first-order valence-corrected chi connectivity index (χ1v) is 6.47. The smallest absolute Gasteiger partial charge is 0.0987 e. The first-order valence-electron chi connectivity index (χ1n) is 5.65. The lowest BCUT2D eigenvalue weighted by Gasteiger charge is -2.18. The molecule has 1 heterocycles. The summed E-state index contributed by atoms with van der Waals surface area (Å²) >= 11 is 1.81. The molecule has 0 unspecified atom stereocenters. The quantitative estimate of drug-likeness (QED) is 0.758. The number of nitrogens with zero attached hydrogens (tertiary/aromatic N) is 1. The van der Waals surface area contributed by atoms with Gasteiger partial charge in [0.05, 0.1) is 9.88 Å². The molecule has 2 heteroatoms. The molecular weight excluding hydrogens is 214 g/mol. The Hall–Kier alpha value is -1.15. The highest BCUT2D eigenvalue weighted by molar-refractivity contribution is 7.15. The number of benzene rings is 1. The van der Waals surface area contributed by atoms with E-state index >= 15 is 0 Å². The van der Waals surface area contributed by atoms with Crippen molar-refractivity contribution in [3.8, 4) is 10.4 Å². The van der Waals surface area contributed by atoms with Crippen LogP contribution in [0.2, 0.25) is 0 Å². The van der Waals surface area contributed by atoms with Crippen molar-refractivity contribution in [2.45, 2.75) is 32.6 Å². The standard InChI is InChI=1S/C14H17NS/c1-4-14(2,3)13-15-10-12(16-13)11-8-6-5-7-9-11/h5-10H,4H2,1-3H3. The van der Waals surface area contributed by atoms with Crippen molar-refractivity contribution >= 4 is 11.3 Å². The molecule has 0 atom stereocenters. The third kappa shape index (κ3) is 2.17. The van der Waals surface area contributed by atoms with E-state index in [2.05, 4.69) is 50.0 Å². The zero-order valence-electron chi connectivity index (χ0n) is 10.0. The Morgan fingerprint density at radius 3 is 2.50 bits per heavy atom. The minimum absolute atomic E-state index is 0.192. The topological polar surface area (TPSA) is 12.9 Å². The van der Waals surface area contributed by atoms with Gasteiger partial charge in [0, 0.05) is 11.6 Å². The second kappa shape index (κ2) is 4.38. The molecule has 1 nitrogen and oxygen atoms in total. The number of hydrogen-bond acceptors (Lipinski definition) is 2. The Morgan fingerprint density at radius 2 is 1.88 bits per heavy atom. The number of thiazole rings is 1. The van der Waals surface area contributed by atoms with Gasteiger partial charge < -0.3 is 0 Å². The molecule has 0 saturated heterocycles. The molecule has 84 valence electrons. The van der Waals surface area contributed by atoms with Gasteiger partial charge in [-0.15, -0.1) is 11.3 Å². The first-order chi connectivity index (χ1) is 7.63. The molecule has 0 saturated carbocycles. The average Bonchev–Trinajstić information content (AvgIpc) is 2.80. The van der Waals surface area contributed by atoms with Crippen molar-refractivity contribution < 1.29 is 0 Å². The summed E-state index contributed by atoms with van der Waals surface area (Å²) in [6.07, 6.45) is 3.11. The molecule has 0 spiro atoms. The van der Waals surface area contributed by atoms with E-state index in [1.165, 1.54) is 15.4 Å². The van der Waals surface area contributed by atoms with Gasteiger partial charge in [0.2, 0.25) is 0 Å². The molecule has 0 fully saturated rings. The third-order valence-electron chi connectivity index (χ3n) is 3.03. The minimum Gasteiger partial charge on any atom is -0.248 e. The van der Waals surface area contributed by atoms with E-state index in [1.807, 2.05) is 12.3 Å². The summed E-state index contributed by atoms with van der Waals surface area (Å²) in [5.41, 5.74) is 1.45. The van der Waals surface area contributed by atoms with Crippen LogP contribution in [-0.4, -0.2) is 4.98 Å². The molecular formula is C14H17NS. The Bertz CT molecular complexity index is 457. The number of rotatable bonds is 3. The molecule has 1 aromatic heterocycles. The van der Waals surface area contributed by atoms with E-state index in [-0.39, 0.29) is 5.41 Å². The van der Waals surface area contributed by atoms with Gasteiger partial charge in [0.1, 0.15) is 0 Å². The Balaban J connectivity index is 2.34. The van der Waals surface area contributed by atoms with E-state index < -0.39 is 0 Å². The van der Waals surface area contributed by atoms with Gasteiger partial charge >= 0.3 is 0 Å². The van der Waals surface area contributed by atoms with E-state index in [4.69, 9.17) is 0 Å². The lowest BCUT2D eigenvalue weighted by molar-refractivity contribution is 0.503. The Morgan fingerprint density at radius 1 is 1.19 bits per heavy atom. The van der Waals surface area contributed by atoms with Gasteiger partial charge in [-0.05, 0) is 12.0 Å².